The van der Waals surface area contributed by atoms with E-state index in [4.69, 9.17) is 5.26 Å². The molecule has 1 aliphatic rings. The van der Waals surface area contributed by atoms with Gasteiger partial charge in [0.05, 0.1) is 0 Å². The lowest BCUT2D eigenvalue weighted by atomic mass is 10.1. The van der Waals surface area contributed by atoms with Crippen LogP contribution in [-0.2, 0) is 4.79 Å². The molecule has 0 aromatic rings. The van der Waals surface area contributed by atoms with Crippen LogP contribution in [0, 0.1) is 11.3 Å². The van der Waals surface area contributed by atoms with Crippen molar-refractivity contribution in [1.29, 1.82) is 5.26 Å². The second-order valence-electron chi connectivity index (χ2n) is 2.82. The molecular formula is C8H7F3N2O. The summed E-state index contributed by atoms with van der Waals surface area (Å²) in [4.78, 5) is 10.7. The average Bonchev–Trinajstić information content (AvgIpc) is 2.57. The highest BCUT2D eigenvalue weighted by atomic mass is 19.4. The standard InChI is InChI=1S/C8H7F3N2O/c9-8(10,11)7(14)5(4-12)6-2-1-3-13-6/h13H,1-3H2/b6-5-. The zero-order chi connectivity index (χ0) is 10.8. The number of nitrogens with zero attached hydrogens (tertiary/aromatic N) is 1. The SMILES string of the molecule is N#C/C(C(=O)C(F)(F)F)=C1\CCCN1. The van der Waals surface area contributed by atoms with E-state index in [2.05, 4.69) is 5.32 Å². The molecule has 0 amide bonds. The number of hydrogen-bond donors (Lipinski definition) is 1. The largest absolute Gasteiger partial charge is 0.455 e. The third kappa shape index (κ3) is 2.05. The first-order valence-corrected chi connectivity index (χ1v) is 3.95. The van der Waals surface area contributed by atoms with E-state index in [1.54, 1.807) is 0 Å². The predicted molar refractivity (Wildman–Crippen MR) is 40.9 cm³/mol. The number of carbonyl (C=O) groups excluding carboxylic acids is 1. The lowest BCUT2D eigenvalue weighted by Gasteiger charge is -2.06. The van der Waals surface area contributed by atoms with Crippen molar-refractivity contribution in [3.63, 3.8) is 0 Å². The van der Waals surface area contributed by atoms with Gasteiger partial charge in [-0.25, -0.2) is 0 Å². The summed E-state index contributed by atoms with van der Waals surface area (Å²) < 4.78 is 35.9. The Morgan fingerprint density at radius 2 is 2.14 bits per heavy atom. The second-order valence-corrected chi connectivity index (χ2v) is 2.82. The lowest BCUT2D eigenvalue weighted by Crippen LogP contribution is -2.26. The number of Topliss-reactive ketones (excluding diaryl/α,β-unsaturated/α-hetero) is 1. The van der Waals surface area contributed by atoms with Gasteiger partial charge >= 0.3 is 6.18 Å². The topological polar surface area (TPSA) is 52.9 Å². The molecule has 0 aromatic carbocycles. The number of rotatable bonds is 1. The zero-order valence-electron chi connectivity index (χ0n) is 7.11. The van der Waals surface area contributed by atoms with Gasteiger partial charge in [-0.1, -0.05) is 0 Å². The van der Waals surface area contributed by atoms with Crippen LogP contribution in [0.1, 0.15) is 12.8 Å². The molecule has 1 saturated heterocycles. The molecule has 0 saturated carbocycles. The Bertz CT molecular complexity index is 316. The summed E-state index contributed by atoms with van der Waals surface area (Å²) in [5.74, 6) is -2.07. The van der Waals surface area contributed by atoms with Crippen LogP contribution in [0.4, 0.5) is 13.2 Å². The predicted octanol–water partition coefficient (Wildman–Crippen LogP) is 1.28. The molecule has 1 N–H and O–H groups in total. The van der Waals surface area contributed by atoms with Crippen molar-refractivity contribution in [2.24, 2.45) is 0 Å². The number of ketones is 1. The number of alkyl halides is 3. The maximum absolute atomic E-state index is 12.0. The molecule has 0 bridgehead atoms. The summed E-state index contributed by atoms with van der Waals surface area (Å²) in [5.41, 5.74) is -0.704. The molecule has 76 valence electrons. The highest BCUT2D eigenvalue weighted by Crippen LogP contribution is 2.24. The van der Waals surface area contributed by atoms with E-state index in [-0.39, 0.29) is 5.70 Å². The molecule has 3 nitrogen and oxygen atoms in total. The quantitative estimate of drug-likeness (QED) is 0.517. The fourth-order valence-electron chi connectivity index (χ4n) is 1.20. The molecular weight excluding hydrogens is 197 g/mol. The molecule has 0 radical (unpaired) electrons. The minimum absolute atomic E-state index is 0.106. The lowest BCUT2D eigenvalue weighted by molar-refractivity contribution is -0.166. The number of nitrogens with one attached hydrogen (secondary N) is 1. The van der Waals surface area contributed by atoms with E-state index in [1.165, 1.54) is 6.07 Å². The van der Waals surface area contributed by atoms with Crippen LogP contribution >= 0.6 is 0 Å². The van der Waals surface area contributed by atoms with Crippen LogP contribution in [0.15, 0.2) is 11.3 Å². The van der Waals surface area contributed by atoms with E-state index >= 15 is 0 Å². The number of allylic oxidation sites excluding steroid dienone is 2. The Morgan fingerprint density at radius 3 is 2.50 bits per heavy atom. The highest BCUT2D eigenvalue weighted by molar-refractivity contribution is 6.03. The van der Waals surface area contributed by atoms with E-state index < -0.39 is 17.5 Å². The molecule has 1 aliphatic heterocycles. The maximum atomic E-state index is 12.0. The fourth-order valence-corrected chi connectivity index (χ4v) is 1.20. The Kier molecular flexibility index (Phi) is 2.79. The molecule has 0 aliphatic carbocycles. The Labute approximate surface area is 78.2 Å². The molecule has 1 rings (SSSR count). The Morgan fingerprint density at radius 1 is 1.50 bits per heavy atom. The monoisotopic (exact) mass is 204 g/mol. The molecule has 1 fully saturated rings. The first-order valence-electron chi connectivity index (χ1n) is 3.95. The maximum Gasteiger partial charge on any atom is 0.455 e. The zero-order valence-corrected chi connectivity index (χ0v) is 7.11. The summed E-state index contributed by atoms with van der Waals surface area (Å²) in [6.07, 6.45) is -4.00. The summed E-state index contributed by atoms with van der Waals surface area (Å²) in [5, 5.41) is 11.0. The highest BCUT2D eigenvalue weighted by Gasteiger charge is 2.42. The second kappa shape index (κ2) is 3.70. The van der Waals surface area contributed by atoms with Crippen LogP contribution < -0.4 is 5.32 Å². The van der Waals surface area contributed by atoms with Gasteiger partial charge in [0.25, 0.3) is 5.78 Å². The number of hydrogen-bond acceptors (Lipinski definition) is 3. The van der Waals surface area contributed by atoms with Gasteiger partial charge in [0.2, 0.25) is 0 Å². The van der Waals surface area contributed by atoms with Gasteiger partial charge in [0, 0.05) is 12.2 Å². The molecule has 0 spiro atoms. The Hall–Kier alpha value is -1.51. The van der Waals surface area contributed by atoms with Crippen molar-refractivity contribution in [2.75, 3.05) is 6.54 Å². The summed E-state index contributed by atoms with van der Waals surface area (Å²) in [6.45, 7) is 0.506. The number of nitriles is 1. The van der Waals surface area contributed by atoms with E-state index in [9.17, 15) is 18.0 Å². The molecule has 0 unspecified atom stereocenters. The molecule has 6 heteroatoms. The minimum atomic E-state index is -4.97. The number of carbonyl (C=O) groups is 1. The van der Waals surface area contributed by atoms with Gasteiger partial charge in [-0.2, -0.15) is 18.4 Å². The van der Waals surface area contributed by atoms with Gasteiger partial charge in [-0.3, -0.25) is 4.79 Å². The van der Waals surface area contributed by atoms with E-state index in [1.807, 2.05) is 0 Å². The third-order valence-corrected chi connectivity index (χ3v) is 1.84. The first kappa shape index (κ1) is 10.6. The van der Waals surface area contributed by atoms with Crippen molar-refractivity contribution in [1.82, 2.24) is 5.32 Å². The van der Waals surface area contributed by atoms with Crippen LogP contribution in [0.2, 0.25) is 0 Å². The summed E-state index contributed by atoms with van der Waals surface area (Å²) >= 11 is 0. The molecule has 0 aromatic heterocycles. The molecule has 14 heavy (non-hydrogen) atoms. The summed E-state index contributed by atoms with van der Waals surface area (Å²) in [7, 11) is 0. The van der Waals surface area contributed by atoms with Gasteiger partial charge in [-0.05, 0) is 12.8 Å². The minimum Gasteiger partial charge on any atom is -0.387 e. The van der Waals surface area contributed by atoms with Crippen LogP contribution in [-0.4, -0.2) is 18.5 Å². The van der Waals surface area contributed by atoms with Gasteiger partial charge in [0.1, 0.15) is 11.6 Å². The molecule has 0 atom stereocenters. The number of halogens is 3. The van der Waals surface area contributed by atoms with Crippen molar-refractivity contribution in [2.45, 2.75) is 19.0 Å². The van der Waals surface area contributed by atoms with Gasteiger partial charge < -0.3 is 5.32 Å². The fraction of sp³-hybridized carbons (Fsp3) is 0.500. The van der Waals surface area contributed by atoms with Gasteiger partial charge in [-0.15, -0.1) is 0 Å². The van der Waals surface area contributed by atoms with Crippen molar-refractivity contribution >= 4 is 5.78 Å². The van der Waals surface area contributed by atoms with E-state index in [0.29, 0.717) is 19.4 Å². The molecule has 1 heterocycles. The third-order valence-electron chi connectivity index (χ3n) is 1.84. The smallest absolute Gasteiger partial charge is 0.387 e. The Balaban J connectivity index is 2.99. The van der Waals surface area contributed by atoms with Gasteiger partial charge in [0.15, 0.2) is 0 Å². The van der Waals surface area contributed by atoms with Crippen LogP contribution in [0.5, 0.6) is 0 Å². The summed E-state index contributed by atoms with van der Waals surface area (Å²) in [6, 6.07) is 1.30. The van der Waals surface area contributed by atoms with Crippen LogP contribution in [0.25, 0.3) is 0 Å². The first-order chi connectivity index (χ1) is 6.46. The average molecular weight is 204 g/mol. The normalized spacial score (nSPS) is 19.9. The van der Waals surface area contributed by atoms with Crippen molar-refractivity contribution < 1.29 is 18.0 Å². The van der Waals surface area contributed by atoms with E-state index in [0.717, 1.165) is 0 Å². The van der Waals surface area contributed by atoms with Crippen molar-refractivity contribution in [3.8, 4) is 6.07 Å². The van der Waals surface area contributed by atoms with Crippen molar-refractivity contribution in [3.05, 3.63) is 11.3 Å². The van der Waals surface area contributed by atoms with Crippen LogP contribution in [0.3, 0.4) is 0 Å².